The Kier molecular flexibility index (Phi) is 4.84. The summed E-state index contributed by atoms with van der Waals surface area (Å²) in [6.07, 6.45) is 1.06. The highest BCUT2D eigenvalue weighted by atomic mass is 32.2. The lowest BCUT2D eigenvalue weighted by Gasteiger charge is -2.19. The molecule has 2 heterocycles. The van der Waals surface area contributed by atoms with Crippen LogP contribution in [-0.4, -0.2) is 28.0 Å². The monoisotopic (exact) mass is 367 g/mol. The number of hydrogen-bond acceptors (Lipinski definition) is 5. The smallest absolute Gasteiger partial charge is 0.196 e. The van der Waals surface area contributed by atoms with Gasteiger partial charge in [-0.3, -0.25) is 4.57 Å². The Morgan fingerprint density at radius 3 is 2.46 bits per heavy atom. The predicted molar refractivity (Wildman–Crippen MR) is 102 cm³/mol. The van der Waals surface area contributed by atoms with Crippen LogP contribution in [0.5, 0.6) is 11.5 Å². The minimum atomic E-state index is 0.576. The van der Waals surface area contributed by atoms with Crippen LogP contribution in [0.2, 0.25) is 0 Å². The molecule has 0 atom stereocenters. The Balaban J connectivity index is 1.57. The molecular weight excluding hydrogens is 346 g/mol. The summed E-state index contributed by atoms with van der Waals surface area (Å²) in [6, 6.07) is 14.7. The van der Waals surface area contributed by atoms with E-state index in [1.165, 1.54) is 11.1 Å². The van der Waals surface area contributed by atoms with E-state index >= 15 is 0 Å². The van der Waals surface area contributed by atoms with Crippen LogP contribution in [0.4, 0.5) is 0 Å². The minimum Gasteiger partial charge on any atom is -0.486 e. The van der Waals surface area contributed by atoms with Gasteiger partial charge in [0, 0.05) is 11.8 Å². The maximum atomic E-state index is 5.71. The van der Waals surface area contributed by atoms with Crippen molar-refractivity contribution in [3.8, 4) is 17.2 Å². The fourth-order valence-electron chi connectivity index (χ4n) is 2.92. The van der Waals surface area contributed by atoms with Crippen LogP contribution in [0.25, 0.3) is 5.69 Å². The van der Waals surface area contributed by atoms with Gasteiger partial charge >= 0.3 is 0 Å². The lowest BCUT2D eigenvalue weighted by atomic mass is 10.1. The van der Waals surface area contributed by atoms with Gasteiger partial charge < -0.3 is 9.47 Å². The Morgan fingerprint density at radius 1 is 0.962 bits per heavy atom. The van der Waals surface area contributed by atoms with Crippen LogP contribution in [0.1, 0.15) is 23.9 Å². The zero-order valence-corrected chi connectivity index (χ0v) is 15.8. The van der Waals surface area contributed by atoms with Crippen molar-refractivity contribution in [1.82, 2.24) is 14.8 Å². The molecule has 0 saturated carbocycles. The number of thioether (sulfide) groups is 1. The second-order valence-electron chi connectivity index (χ2n) is 6.15. The standard InChI is InChI=1S/C20H21N3O2S/c1-3-15-4-6-16(7-5-15)13-26-20-22-21-14(2)23(20)17-8-9-18-19(12-17)25-11-10-24-18/h4-9,12H,3,10-11,13H2,1-2H3. The van der Waals surface area contributed by atoms with Crippen molar-refractivity contribution in [2.45, 2.75) is 31.2 Å². The molecule has 0 N–H and O–H groups in total. The maximum absolute atomic E-state index is 5.71. The molecular formula is C20H21N3O2S. The Bertz CT molecular complexity index is 906. The van der Waals surface area contributed by atoms with E-state index < -0.39 is 0 Å². The summed E-state index contributed by atoms with van der Waals surface area (Å²) in [5.41, 5.74) is 3.62. The zero-order valence-electron chi connectivity index (χ0n) is 14.9. The number of aryl methyl sites for hydroxylation is 2. The van der Waals surface area contributed by atoms with Gasteiger partial charge in [0.1, 0.15) is 19.0 Å². The molecule has 0 bridgehead atoms. The highest BCUT2D eigenvalue weighted by molar-refractivity contribution is 7.98. The first-order valence-electron chi connectivity index (χ1n) is 8.77. The van der Waals surface area contributed by atoms with Gasteiger partial charge in [0.2, 0.25) is 0 Å². The Hall–Kier alpha value is -2.47. The second kappa shape index (κ2) is 7.41. The summed E-state index contributed by atoms with van der Waals surface area (Å²) in [7, 11) is 0. The highest BCUT2D eigenvalue weighted by Gasteiger charge is 2.16. The van der Waals surface area contributed by atoms with Gasteiger partial charge in [-0.1, -0.05) is 43.0 Å². The number of nitrogens with zero attached hydrogens (tertiary/aromatic N) is 3. The van der Waals surface area contributed by atoms with Crippen molar-refractivity contribution < 1.29 is 9.47 Å². The van der Waals surface area contributed by atoms with E-state index in [0.717, 1.165) is 40.3 Å². The van der Waals surface area contributed by atoms with Gasteiger partial charge in [-0.2, -0.15) is 0 Å². The fourth-order valence-corrected chi connectivity index (χ4v) is 3.88. The van der Waals surface area contributed by atoms with Gasteiger partial charge in [0.05, 0.1) is 5.69 Å². The molecule has 0 spiro atoms. The van der Waals surface area contributed by atoms with E-state index in [1.54, 1.807) is 11.8 Å². The second-order valence-corrected chi connectivity index (χ2v) is 7.09. The Morgan fingerprint density at radius 2 is 1.69 bits per heavy atom. The molecule has 1 aromatic heterocycles. The fraction of sp³-hybridized carbons (Fsp3) is 0.300. The van der Waals surface area contributed by atoms with Crippen LogP contribution in [0.15, 0.2) is 47.6 Å². The van der Waals surface area contributed by atoms with E-state index in [1.807, 2.05) is 25.1 Å². The van der Waals surface area contributed by atoms with Crippen LogP contribution >= 0.6 is 11.8 Å². The average Bonchev–Trinajstić information content (AvgIpc) is 3.07. The lowest BCUT2D eigenvalue weighted by molar-refractivity contribution is 0.171. The molecule has 0 saturated heterocycles. The van der Waals surface area contributed by atoms with Crippen LogP contribution < -0.4 is 9.47 Å². The molecule has 4 rings (SSSR count). The van der Waals surface area contributed by atoms with Crippen molar-refractivity contribution in [3.63, 3.8) is 0 Å². The summed E-state index contributed by atoms with van der Waals surface area (Å²) >= 11 is 1.68. The molecule has 0 unspecified atom stereocenters. The van der Waals surface area contributed by atoms with Gasteiger partial charge in [0.25, 0.3) is 0 Å². The van der Waals surface area contributed by atoms with Gasteiger partial charge in [-0.05, 0) is 36.6 Å². The molecule has 134 valence electrons. The van der Waals surface area contributed by atoms with Gasteiger partial charge in [0.15, 0.2) is 16.7 Å². The maximum Gasteiger partial charge on any atom is 0.196 e. The third-order valence-corrected chi connectivity index (χ3v) is 5.38. The molecule has 2 aromatic carbocycles. The van der Waals surface area contributed by atoms with Crippen LogP contribution in [0.3, 0.4) is 0 Å². The number of aromatic nitrogens is 3. The Labute approximate surface area is 157 Å². The van der Waals surface area contributed by atoms with E-state index in [4.69, 9.17) is 9.47 Å². The lowest BCUT2D eigenvalue weighted by Crippen LogP contribution is -2.15. The van der Waals surface area contributed by atoms with Crippen LogP contribution in [-0.2, 0) is 12.2 Å². The summed E-state index contributed by atoms with van der Waals surface area (Å²) in [5, 5.41) is 9.50. The van der Waals surface area contributed by atoms with Crippen molar-refractivity contribution >= 4 is 11.8 Å². The van der Waals surface area contributed by atoms with Crippen molar-refractivity contribution in [3.05, 3.63) is 59.4 Å². The summed E-state index contributed by atoms with van der Waals surface area (Å²) in [6.45, 7) is 5.30. The van der Waals surface area contributed by atoms with Crippen molar-refractivity contribution in [2.24, 2.45) is 0 Å². The average molecular weight is 367 g/mol. The normalized spacial score (nSPS) is 13.0. The topological polar surface area (TPSA) is 49.2 Å². The summed E-state index contributed by atoms with van der Waals surface area (Å²) < 4.78 is 13.4. The number of rotatable bonds is 5. The number of hydrogen-bond donors (Lipinski definition) is 0. The predicted octanol–water partition coefficient (Wildman–Crippen LogP) is 4.20. The molecule has 0 amide bonds. The minimum absolute atomic E-state index is 0.576. The molecule has 3 aromatic rings. The third-order valence-electron chi connectivity index (χ3n) is 4.38. The molecule has 5 nitrogen and oxygen atoms in total. The van der Waals surface area contributed by atoms with Crippen molar-refractivity contribution in [1.29, 1.82) is 0 Å². The molecule has 0 fully saturated rings. The summed E-state index contributed by atoms with van der Waals surface area (Å²) in [5.74, 6) is 3.27. The summed E-state index contributed by atoms with van der Waals surface area (Å²) in [4.78, 5) is 0. The molecule has 26 heavy (non-hydrogen) atoms. The molecule has 6 heteroatoms. The largest absolute Gasteiger partial charge is 0.486 e. The van der Waals surface area contributed by atoms with E-state index in [9.17, 15) is 0 Å². The van der Waals surface area contributed by atoms with E-state index in [2.05, 4.69) is 46.0 Å². The number of fused-ring (bicyclic) bond motifs is 1. The quantitative estimate of drug-likeness (QED) is 0.633. The van der Waals surface area contributed by atoms with E-state index in [0.29, 0.717) is 13.2 Å². The molecule has 0 aliphatic carbocycles. The van der Waals surface area contributed by atoms with E-state index in [-0.39, 0.29) is 0 Å². The first kappa shape index (κ1) is 17.0. The van der Waals surface area contributed by atoms with Gasteiger partial charge in [-0.15, -0.1) is 10.2 Å². The highest BCUT2D eigenvalue weighted by Crippen LogP contribution is 2.34. The first-order valence-corrected chi connectivity index (χ1v) is 9.76. The molecule has 1 aliphatic rings. The molecule has 0 radical (unpaired) electrons. The first-order chi connectivity index (χ1) is 12.7. The zero-order chi connectivity index (χ0) is 17.9. The van der Waals surface area contributed by atoms with Gasteiger partial charge in [-0.25, -0.2) is 0 Å². The number of benzene rings is 2. The SMILES string of the molecule is CCc1ccc(CSc2nnc(C)n2-c2ccc3c(c2)OCCO3)cc1. The molecule has 1 aliphatic heterocycles. The number of ether oxygens (including phenoxy) is 2. The third kappa shape index (κ3) is 3.42. The van der Waals surface area contributed by atoms with Crippen molar-refractivity contribution in [2.75, 3.05) is 13.2 Å². The van der Waals surface area contributed by atoms with Crippen LogP contribution in [0, 0.1) is 6.92 Å².